The summed E-state index contributed by atoms with van der Waals surface area (Å²) in [6.45, 7) is 1.96. The van der Waals surface area contributed by atoms with E-state index >= 15 is 0 Å². The third kappa shape index (κ3) is 1.76. The molecule has 0 aliphatic heterocycles. The van der Waals surface area contributed by atoms with Crippen LogP contribution in [0.15, 0.2) is 30.6 Å². The summed E-state index contributed by atoms with van der Waals surface area (Å²) in [4.78, 5) is 4.23. The maximum Gasteiger partial charge on any atom is 0.0740 e. The van der Waals surface area contributed by atoms with Crippen molar-refractivity contribution in [2.24, 2.45) is 12.8 Å². The van der Waals surface area contributed by atoms with E-state index in [2.05, 4.69) is 10.1 Å². The lowest BCUT2D eigenvalue weighted by Gasteiger charge is -2.13. The van der Waals surface area contributed by atoms with E-state index in [4.69, 9.17) is 5.73 Å². The molecule has 2 aromatic rings. The smallest absolute Gasteiger partial charge is 0.0740 e. The lowest BCUT2D eigenvalue weighted by atomic mass is 10.0. The van der Waals surface area contributed by atoms with Crippen molar-refractivity contribution in [2.75, 3.05) is 0 Å². The third-order valence-corrected chi connectivity index (χ3v) is 2.56. The van der Waals surface area contributed by atoms with Gasteiger partial charge in [-0.15, -0.1) is 0 Å². The van der Waals surface area contributed by atoms with Gasteiger partial charge in [-0.2, -0.15) is 5.10 Å². The van der Waals surface area contributed by atoms with Crippen LogP contribution in [0.4, 0.5) is 0 Å². The van der Waals surface area contributed by atoms with Crippen LogP contribution in [0.5, 0.6) is 0 Å². The molecule has 0 aliphatic carbocycles. The molecule has 78 valence electrons. The lowest BCUT2D eigenvalue weighted by Crippen LogP contribution is -2.17. The van der Waals surface area contributed by atoms with Crippen molar-refractivity contribution in [1.82, 2.24) is 14.8 Å². The van der Waals surface area contributed by atoms with Crippen LogP contribution >= 0.6 is 0 Å². The van der Waals surface area contributed by atoms with Crippen molar-refractivity contribution in [2.45, 2.75) is 13.0 Å². The topological polar surface area (TPSA) is 56.7 Å². The Morgan fingerprint density at radius 2 is 2.13 bits per heavy atom. The Kier molecular flexibility index (Phi) is 2.51. The quantitative estimate of drug-likeness (QED) is 0.795. The Morgan fingerprint density at radius 1 is 1.33 bits per heavy atom. The van der Waals surface area contributed by atoms with Crippen LogP contribution in [0.1, 0.15) is 23.0 Å². The zero-order valence-corrected chi connectivity index (χ0v) is 8.88. The molecule has 0 aliphatic rings. The van der Waals surface area contributed by atoms with Crippen molar-refractivity contribution in [3.8, 4) is 0 Å². The van der Waals surface area contributed by atoms with E-state index in [0.717, 1.165) is 17.0 Å². The standard InChI is InChI=1S/C11H14N4/c1-8-9(4-3-6-13-8)11(12)10-5-7-14-15(10)2/h3-7,11H,12H2,1-2H3. The summed E-state index contributed by atoms with van der Waals surface area (Å²) in [6, 6.07) is 5.67. The molecule has 0 bridgehead atoms. The second-order valence-electron chi connectivity index (χ2n) is 3.54. The summed E-state index contributed by atoms with van der Waals surface area (Å²) < 4.78 is 1.79. The minimum Gasteiger partial charge on any atom is -0.319 e. The lowest BCUT2D eigenvalue weighted by molar-refractivity contribution is 0.669. The van der Waals surface area contributed by atoms with E-state index in [0.29, 0.717) is 0 Å². The van der Waals surface area contributed by atoms with Crippen molar-refractivity contribution < 1.29 is 0 Å². The highest BCUT2D eigenvalue weighted by molar-refractivity contribution is 5.29. The second kappa shape index (κ2) is 3.82. The van der Waals surface area contributed by atoms with Gasteiger partial charge in [-0.25, -0.2) is 0 Å². The SMILES string of the molecule is Cc1ncccc1C(N)c1ccnn1C. The van der Waals surface area contributed by atoms with E-state index in [1.165, 1.54) is 0 Å². The molecule has 1 atom stereocenters. The summed E-state index contributed by atoms with van der Waals surface area (Å²) in [6.07, 6.45) is 3.52. The summed E-state index contributed by atoms with van der Waals surface area (Å²) in [5.74, 6) is 0. The van der Waals surface area contributed by atoms with Crippen LogP contribution in [-0.4, -0.2) is 14.8 Å². The van der Waals surface area contributed by atoms with Crippen molar-refractivity contribution >= 4 is 0 Å². The van der Waals surface area contributed by atoms with Gasteiger partial charge in [-0.3, -0.25) is 9.67 Å². The van der Waals surface area contributed by atoms with Crippen molar-refractivity contribution in [3.63, 3.8) is 0 Å². The monoisotopic (exact) mass is 202 g/mol. The number of nitrogens with zero attached hydrogens (tertiary/aromatic N) is 3. The highest BCUT2D eigenvalue weighted by atomic mass is 15.3. The summed E-state index contributed by atoms with van der Waals surface area (Å²) >= 11 is 0. The fourth-order valence-corrected chi connectivity index (χ4v) is 1.67. The predicted molar refractivity (Wildman–Crippen MR) is 58.2 cm³/mol. The van der Waals surface area contributed by atoms with Crippen LogP contribution in [-0.2, 0) is 7.05 Å². The van der Waals surface area contributed by atoms with Gasteiger partial charge < -0.3 is 5.73 Å². The molecule has 0 aromatic carbocycles. The predicted octanol–water partition coefficient (Wildman–Crippen LogP) is 1.17. The van der Waals surface area contributed by atoms with E-state index < -0.39 is 0 Å². The first kappa shape index (κ1) is 9.86. The number of aryl methyl sites for hydroxylation is 2. The normalized spacial score (nSPS) is 12.7. The molecular formula is C11H14N4. The summed E-state index contributed by atoms with van der Waals surface area (Å²) in [7, 11) is 1.89. The van der Waals surface area contributed by atoms with Gasteiger partial charge in [0.05, 0.1) is 11.7 Å². The first-order chi connectivity index (χ1) is 7.20. The minimum atomic E-state index is -0.161. The molecule has 1 unspecified atom stereocenters. The highest BCUT2D eigenvalue weighted by Gasteiger charge is 2.14. The molecule has 15 heavy (non-hydrogen) atoms. The van der Waals surface area contributed by atoms with Gasteiger partial charge in [-0.1, -0.05) is 6.07 Å². The fourth-order valence-electron chi connectivity index (χ4n) is 1.67. The number of nitrogens with two attached hydrogens (primary N) is 1. The van der Waals surface area contributed by atoms with Gasteiger partial charge >= 0.3 is 0 Å². The zero-order valence-electron chi connectivity index (χ0n) is 8.88. The van der Waals surface area contributed by atoms with Gasteiger partial charge in [0.2, 0.25) is 0 Å². The number of rotatable bonds is 2. The molecule has 0 fully saturated rings. The van der Waals surface area contributed by atoms with E-state index in [1.807, 2.05) is 32.2 Å². The summed E-state index contributed by atoms with van der Waals surface area (Å²) in [5.41, 5.74) is 9.16. The Morgan fingerprint density at radius 3 is 2.73 bits per heavy atom. The van der Waals surface area contributed by atoms with E-state index in [9.17, 15) is 0 Å². The highest BCUT2D eigenvalue weighted by Crippen LogP contribution is 2.20. The number of aromatic nitrogens is 3. The molecule has 2 rings (SSSR count). The molecule has 0 saturated heterocycles. The van der Waals surface area contributed by atoms with Crippen LogP contribution in [0.25, 0.3) is 0 Å². The Bertz CT molecular complexity index is 461. The first-order valence-electron chi connectivity index (χ1n) is 4.85. The zero-order chi connectivity index (χ0) is 10.8. The number of pyridine rings is 1. The average molecular weight is 202 g/mol. The van der Waals surface area contributed by atoms with Gasteiger partial charge in [0, 0.05) is 25.1 Å². The number of hydrogen-bond acceptors (Lipinski definition) is 3. The summed E-state index contributed by atoms with van der Waals surface area (Å²) in [5, 5.41) is 4.11. The minimum absolute atomic E-state index is 0.161. The maximum absolute atomic E-state index is 6.16. The molecule has 2 N–H and O–H groups in total. The van der Waals surface area contributed by atoms with E-state index in [-0.39, 0.29) is 6.04 Å². The molecular weight excluding hydrogens is 188 g/mol. The number of hydrogen-bond donors (Lipinski definition) is 1. The Labute approximate surface area is 88.8 Å². The van der Waals surface area contributed by atoms with Gasteiger partial charge in [0.1, 0.15) is 0 Å². The average Bonchev–Trinajstić information content (AvgIpc) is 2.64. The third-order valence-electron chi connectivity index (χ3n) is 2.56. The van der Waals surface area contributed by atoms with Crippen LogP contribution in [0.3, 0.4) is 0 Å². The van der Waals surface area contributed by atoms with Gasteiger partial charge in [-0.05, 0) is 24.6 Å². The molecule has 0 amide bonds. The van der Waals surface area contributed by atoms with Gasteiger partial charge in [0.25, 0.3) is 0 Å². The molecule has 0 saturated carbocycles. The molecule has 0 radical (unpaired) electrons. The molecule has 2 heterocycles. The first-order valence-corrected chi connectivity index (χ1v) is 4.85. The second-order valence-corrected chi connectivity index (χ2v) is 3.54. The molecule has 4 nitrogen and oxygen atoms in total. The van der Waals surface area contributed by atoms with E-state index in [1.54, 1.807) is 17.1 Å². The molecule has 0 spiro atoms. The van der Waals surface area contributed by atoms with Gasteiger partial charge in [0.15, 0.2) is 0 Å². The Balaban J connectivity index is 2.41. The van der Waals surface area contributed by atoms with Crippen LogP contribution in [0.2, 0.25) is 0 Å². The van der Waals surface area contributed by atoms with Crippen LogP contribution in [0, 0.1) is 6.92 Å². The maximum atomic E-state index is 6.16. The van der Waals surface area contributed by atoms with Crippen molar-refractivity contribution in [3.05, 3.63) is 47.5 Å². The Hall–Kier alpha value is -1.68. The van der Waals surface area contributed by atoms with Crippen LogP contribution < -0.4 is 5.73 Å². The fraction of sp³-hybridized carbons (Fsp3) is 0.273. The largest absolute Gasteiger partial charge is 0.319 e. The molecule has 2 aromatic heterocycles. The van der Waals surface area contributed by atoms with Crippen molar-refractivity contribution in [1.29, 1.82) is 0 Å². The molecule has 4 heteroatoms.